The van der Waals surface area contributed by atoms with Gasteiger partial charge in [0.2, 0.25) is 0 Å². The van der Waals surface area contributed by atoms with Crippen LogP contribution in [0.2, 0.25) is 0 Å². The van der Waals surface area contributed by atoms with Crippen molar-refractivity contribution < 1.29 is 0 Å². The van der Waals surface area contributed by atoms with Crippen molar-refractivity contribution in [3.63, 3.8) is 0 Å². The Morgan fingerprint density at radius 2 is 2.00 bits per heavy atom. The van der Waals surface area contributed by atoms with Crippen LogP contribution in [0.5, 0.6) is 0 Å². The van der Waals surface area contributed by atoms with Crippen LogP contribution in [0.15, 0.2) is 18.2 Å². The number of rotatable bonds is 1. The number of nitrogens with two attached hydrogens (primary N) is 1. The first-order chi connectivity index (χ1) is 8.47. The minimum atomic E-state index is 0.416. The highest BCUT2D eigenvalue weighted by Gasteiger charge is 2.27. The fraction of sp³-hybridized carbons (Fsp3) is 0.667. The highest BCUT2D eigenvalue weighted by molar-refractivity contribution is 5.44. The summed E-state index contributed by atoms with van der Waals surface area (Å²) in [5, 5.41) is 0. The fourth-order valence-corrected chi connectivity index (χ4v) is 2.81. The first-order valence-corrected chi connectivity index (χ1v) is 6.94. The summed E-state index contributed by atoms with van der Waals surface area (Å²) in [5.41, 5.74) is 6.18. The van der Waals surface area contributed by atoms with E-state index in [4.69, 9.17) is 5.73 Å². The van der Waals surface area contributed by atoms with Crippen LogP contribution in [-0.2, 0) is 0 Å². The van der Waals surface area contributed by atoms with Crippen LogP contribution < -0.4 is 10.6 Å². The zero-order valence-corrected chi connectivity index (χ0v) is 11.8. The number of pyridine rings is 1. The summed E-state index contributed by atoms with van der Waals surface area (Å²) in [7, 11) is 0. The highest BCUT2D eigenvalue weighted by atomic mass is 15.2. The lowest BCUT2D eigenvalue weighted by molar-refractivity contribution is 0.220. The van der Waals surface area contributed by atoms with Gasteiger partial charge in [0, 0.05) is 13.1 Å². The first kappa shape index (κ1) is 13.2. The molecule has 0 bridgehead atoms. The molecule has 0 spiro atoms. The lowest BCUT2D eigenvalue weighted by atomic mass is 9.77. The van der Waals surface area contributed by atoms with Crippen molar-refractivity contribution in [2.24, 2.45) is 11.3 Å². The summed E-state index contributed by atoms with van der Waals surface area (Å²) < 4.78 is 0. The quantitative estimate of drug-likeness (QED) is 0.827. The van der Waals surface area contributed by atoms with Gasteiger partial charge >= 0.3 is 0 Å². The average Bonchev–Trinajstić information content (AvgIpc) is 2.53. The third-order valence-corrected chi connectivity index (χ3v) is 4.03. The van der Waals surface area contributed by atoms with Gasteiger partial charge in [-0.2, -0.15) is 0 Å². The highest BCUT2D eigenvalue weighted by Crippen LogP contribution is 2.34. The number of aromatic nitrogens is 1. The van der Waals surface area contributed by atoms with Crippen molar-refractivity contribution >= 4 is 11.6 Å². The second-order valence-electron chi connectivity index (χ2n) is 6.40. The topological polar surface area (TPSA) is 42.1 Å². The molecule has 1 aromatic heterocycles. The number of hydrogen-bond acceptors (Lipinski definition) is 3. The Balaban J connectivity index is 2.05. The van der Waals surface area contributed by atoms with Gasteiger partial charge in [0.25, 0.3) is 0 Å². The van der Waals surface area contributed by atoms with Gasteiger partial charge in [0.05, 0.1) is 0 Å². The molecular formula is C15H25N3. The Kier molecular flexibility index (Phi) is 3.79. The summed E-state index contributed by atoms with van der Waals surface area (Å²) in [4.78, 5) is 6.81. The van der Waals surface area contributed by atoms with Crippen molar-refractivity contribution in [1.82, 2.24) is 4.98 Å². The molecule has 0 saturated carbocycles. The van der Waals surface area contributed by atoms with Gasteiger partial charge in [-0.25, -0.2) is 4.98 Å². The molecule has 0 aliphatic carbocycles. The predicted octanol–water partition coefficient (Wildman–Crippen LogP) is 3.32. The van der Waals surface area contributed by atoms with Gasteiger partial charge in [0.15, 0.2) is 0 Å². The maximum Gasteiger partial charge on any atom is 0.130 e. The summed E-state index contributed by atoms with van der Waals surface area (Å²) in [6.07, 6.45) is 3.82. The fourth-order valence-electron chi connectivity index (χ4n) is 2.81. The van der Waals surface area contributed by atoms with Gasteiger partial charge in [-0.15, -0.1) is 0 Å². The van der Waals surface area contributed by atoms with Crippen molar-refractivity contribution in [2.45, 2.75) is 40.0 Å². The Labute approximate surface area is 110 Å². The largest absolute Gasteiger partial charge is 0.384 e. The zero-order valence-electron chi connectivity index (χ0n) is 11.8. The van der Waals surface area contributed by atoms with Crippen molar-refractivity contribution in [3.8, 4) is 0 Å². The number of hydrogen-bond donors (Lipinski definition) is 1. The lowest BCUT2D eigenvalue weighted by Crippen LogP contribution is -2.26. The summed E-state index contributed by atoms with van der Waals surface area (Å²) in [6, 6.07) is 5.90. The van der Waals surface area contributed by atoms with E-state index < -0.39 is 0 Å². The van der Waals surface area contributed by atoms with Crippen LogP contribution in [0.4, 0.5) is 11.6 Å². The molecule has 0 amide bonds. The Morgan fingerprint density at radius 3 is 2.67 bits per heavy atom. The molecule has 1 saturated heterocycles. The molecule has 2 rings (SSSR count). The molecule has 1 aliphatic heterocycles. The summed E-state index contributed by atoms with van der Waals surface area (Å²) >= 11 is 0. The van der Waals surface area contributed by atoms with Crippen LogP contribution in [0.3, 0.4) is 0 Å². The molecular weight excluding hydrogens is 222 g/mol. The van der Waals surface area contributed by atoms with E-state index in [-0.39, 0.29) is 0 Å². The van der Waals surface area contributed by atoms with E-state index in [0.717, 1.165) is 24.8 Å². The van der Waals surface area contributed by atoms with Crippen molar-refractivity contribution in [2.75, 3.05) is 23.7 Å². The number of anilines is 2. The van der Waals surface area contributed by atoms with Gasteiger partial charge in [-0.1, -0.05) is 26.8 Å². The minimum absolute atomic E-state index is 0.416. The molecule has 1 unspecified atom stereocenters. The smallest absolute Gasteiger partial charge is 0.130 e. The predicted molar refractivity (Wildman–Crippen MR) is 77.7 cm³/mol. The maximum absolute atomic E-state index is 5.76. The molecule has 1 atom stereocenters. The molecule has 3 nitrogen and oxygen atoms in total. The second kappa shape index (κ2) is 5.17. The first-order valence-electron chi connectivity index (χ1n) is 6.94. The molecule has 2 heterocycles. The second-order valence-corrected chi connectivity index (χ2v) is 6.40. The molecule has 100 valence electrons. The number of nitrogens with zero attached hydrogens (tertiary/aromatic N) is 2. The SMILES string of the molecule is CC(C)(C)C1CCCN(c2cccc(N)n2)CC1. The van der Waals surface area contributed by atoms with E-state index in [1.807, 2.05) is 12.1 Å². The number of nitrogen functional groups attached to an aromatic ring is 1. The molecule has 2 N–H and O–H groups in total. The van der Waals surface area contributed by atoms with E-state index in [0.29, 0.717) is 11.2 Å². The normalized spacial score (nSPS) is 21.7. The van der Waals surface area contributed by atoms with Gasteiger partial charge < -0.3 is 10.6 Å². The Bertz CT molecular complexity index is 395. The molecule has 1 aliphatic rings. The Morgan fingerprint density at radius 1 is 1.22 bits per heavy atom. The van der Waals surface area contributed by atoms with Crippen molar-refractivity contribution in [3.05, 3.63) is 18.2 Å². The monoisotopic (exact) mass is 247 g/mol. The van der Waals surface area contributed by atoms with E-state index in [2.05, 4.69) is 36.7 Å². The lowest BCUT2D eigenvalue weighted by Gasteiger charge is -2.29. The average molecular weight is 247 g/mol. The van der Waals surface area contributed by atoms with E-state index in [1.165, 1.54) is 19.3 Å². The molecule has 0 aromatic carbocycles. The van der Waals surface area contributed by atoms with Crippen LogP contribution in [0.25, 0.3) is 0 Å². The molecule has 1 fully saturated rings. The van der Waals surface area contributed by atoms with Gasteiger partial charge in [-0.3, -0.25) is 0 Å². The standard InChI is InChI=1S/C15H25N3/c1-15(2,3)12-6-5-10-18(11-9-12)14-8-4-7-13(16)17-14/h4,7-8,12H,5-6,9-11H2,1-3H3,(H2,16,17). The summed E-state index contributed by atoms with van der Waals surface area (Å²) in [5.74, 6) is 2.46. The Hall–Kier alpha value is -1.25. The van der Waals surface area contributed by atoms with Crippen LogP contribution in [-0.4, -0.2) is 18.1 Å². The molecule has 3 heteroatoms. The van der Waals surface area contributed by atoms with Gasteiger partial charge in [0.1, 0.15) is 11.6 Å². The van der Waals surface area contributed by atoms with E-state index in [9.17, 15) is 0 Å². The molecule has 1 aromatic rings. The van der Waals surface area contributed by atoms with E-state index >= 15 is 0 Å². The van der Waals surface area contributed by atoms with Crippen molar-refractivity contribution in [1.29, 1.82) is 0 Å². The molecule has 0 radical (unpaired) electrons. The van der Waals surface area contributed by atoms with Crippen LogP contribution in [0, 0.1) is 11.3 Å². The zero-order chi connectivity index (χ0) is 13.2. The third-order valence-electron chi connectivity index (χ3n) is 4.03. The minimum Gasteiger partial charge on any atom is -0.384 e. The van der Waals surface area contributed by atoms with Crippen LogP contribution in [0.1, 0.15) is 40.0 Å². The molecule has 18 heavy (non-hydrogen) atoms. The van der Waals surface area contributed by atoms with E-state index in [1.54, 1.807) is 0 Å². The van der Waals surface area contributed by atoms with Crippen LogP contribution >= 0.6 is 0 Å². The third kappa shape index (κ3) is 3.15. The maximum atomic E-state index is 5.76. The summed E-state index contributed by atoms with van der Waals surface area (Å²) in [6.45, 7) is 9.26. The van der Waals surface area contributed by atoms with Gasteiger partial charge in [-0.05, 0) is 42.7 Å².